The molecule has 0 aliphatic rings. The molecule has 0 aliphatic heterocycles. The van der Waals surface area contributed by atoms with Gasteiger partial charge in [-0.2, -0.15) is 0 Å². The number of hydrogen-bond acceptors (Lipinski definition) is 6. The van der Waals surface area contributed by atoms with Crippen molar-refractivity contribution < 1.29 is 27.5 Å². The summed E-state index contributed by atoms with van der Waals surface area (Å²) >= 11 is 0. The predicted octanol–water partition coefficient (Wildman–Crippen LogP) is 5.24. The number of nitrogens with one attached hydrogen (secondary N) is 1. The number of methoxy groups -OCH3 is 2. The van der Waals surface area contributed by atoms with E-state index in [0.717, 1.165) is 33.8 Å². The number of anilines is 1. The Morgan fingerprint density at radius 3 is 2.07 bits per heavy atom. The number of carbonyl (C=O) groups excluding carboxylic acids is 2. The first-order valence-corrected chi connectivity index (χ1v) is 15.9. The summed E-state index contributed by atoms with van der Waals surface area (Å²) in [4.78, 5) is 29.1. The summed E-state index contributed by atoms with van der Waals surface area (Å²) < 4.78 is 40.3. The monoisotopic (exact) mass is 609 g/mol. The number of benzene rings is 3. The molecule has 10 heteroatoms. The van der Waals surface area contributed by atoms with Crippen LogP contribution >= 0.6 is 0 Å². The van der Waals surface area contributed by atoms with Crippen LogP contribution in [0.2, 0.25) is 0 Å². The third kappa shape index (κ3) is 8.50. The van der Waals surface area contributed by atoms with E-state index in [-0.39, 0.29) is 28.8 Å². The summed E-state index contributed by atoms with van der Waals surface area (Å²) in [5, 5.41) is 2.94. The molecular weight excluding hydrogens is 566 g/mol. The van der Waals surface area contributed by atoms with Crippen molar-refractivity contribution in [3.05, 3.63) is 83.4 Å². The molecule has 0 aliphatic carbocycles. The third-order valence-electron chi connectivity index (χ3n) is 7.23. The number of unbranched alkanes of at least 4 members (excludes halogenated alkanes) is 1. The normalized spacial score (nSPS) is 11.9. The lowest BCUT2D eigenvalue weighted by molar-refractivity contribution is -0.140. The van der Waals surface area contributed by atoms with Gasteiger partial charge in [0.25, 0.3) is 10.0 Å². The maximum Gasteiger partial charge on any atom is 0.264 e. The fourth-order valence-electron chi connectivity index (χ4n) is 4.66. The van der Waals surface area contributed by atoms with Gasteiger partial charge in [-0.15, -0.1) is 0 Å². The van der Waals surface area contributed by atoms with Crippen LogP contribution in [0, 0.1) is 13.8 Å². The Kier molecular flexibility index (Phi) is 12.0. The number of amides is 2. The molecule has 0 heterocycles. The predicted molar refractivity (Wildman–Crippen MR) is 169 cm³/mol. The minimum absolute atomic E-state index is 0.0187. The van der Waals surface area contributed by atoms with Crippen LogP contribution in [0.5, 0.6) is 11.5 Å². The van der Waals surface area contributed by atoms with E-state index in [1.807, 2.05) is 52.0 Å². The second-order valence-electron chi connectivity index (χ2n) is 10.4. The molecule has 3 aromatic carbocycles. The van der Waals surface area contributed by atoms with Gasteiger partial charge in [-0.25, -0.2) is 8.42 Å². The molecule has 0 spiro atoms. The van der Waals surface area contributed by atoms with Crippen LogP contribution in [0.3, 0.4) is 0 Å². The second-order valence-corrected chi connectivity index (χ2v) is 12.3. The van der Waals surface area contributed by atoms with Crippen LogP contribution in [-0.4, -0.2) is 58.5 Å². The second kappa shape index (κ2) is 15.4. The molecule has 9 nitrogen and oxygen atoms in total. The number of sulfonamides is 1. The standard InChI is InChI=1S/C33H43N3O6S/c1-7-9-20-34-33(38)29(8-2)35(22-26-14-10-24(3)11-15-26)32(37)23-36(30-21-27(41-5)16-19-31(30)42-6)43(39,40)28-17-12-25(4)13-18-28/h10-19,21,29H,7-9,20,22-23H2,1-6H3,(H,34,38)/t29-/m1/s1. The first-order chi connectivity index (χ1) is 20.5. The lowest BCUT2D eigenvalue weighted by Crippen LogP contribution is -2.52. The molecular formula is C33H43N3O6S. The molecule has 3 aromatic rings. The summed E-state index contributed by atoms with van der Waals surface area (Å²) in [6, 6.07) is 18.1. The number of ether oxygens (including phenoxy) is 2. The van der Waals surface area contributed by atoms with Crippen LogP contribution < -0.4 is 19.1 Å². The minimum atomic E-state index is -4.26. The van der Waals surface area contributed by atoms with Gasteiger partial charge in [-0.1, -0.05) is 67.8 Å². The number of carbonyl (C=O) groups is 2. The van der Waals surface area contributed by atoms with E-state index in [4.69, 9.17) is 9.47 Å². The maximum absolute atomic E-state index is 14.3. The first kappa shape index (κ1) is 33.5. The molecule has 0 unspecified atom stereocenters. The average molecular weight is 610 g/mol. The zero-order chi connectivity index (χ0) is 31.6. The molecule has 2 amide bonds. The Labute approximate surface area is 255 Å². The van der Waals surface area contributed by atoms with Gasteiger partial charge in [-0.3, -0.25) is 13.9 Å². The van der Waals surface area contributed by atoms with Crippen molar-refractivity contribution in [3.63, 3.8) is 0 Å². The van der Waals surface area contributed by atoms with E-state index in [0.29, 0.717) is 18.7 Å². The smallest absolute Gasteiger partial charge is 0.264 e. The number of nitrogens with zero attached hydrogens (tertiary/aromatic N) is 2. The van der Waals surface area contributed by atoms with Gasteiger partial charge in [0.1, 0.15) is 24.1 Å². The largest absolute Gasteiger partial charge is 0.497 e. The lowest BCUT2D eigenvalue weighted by atomic mass is 10.1. The van der Waals surface area contributed by atoms with Gasteiger partial charge in [0, 0.05) is 19.2 Å². The Balaban J connectivity index is 2.12. The Morgan fingerprint density at radius 1 is 0.884 bits per heavy atom. The number of rotatable bonds is 15. The van der Waals surface area contributed by atoms with Gasteiger partial charge in [0.15, 0.2) is 0 Å². The highest BCUT2D eigenvalue weighted by Gasteiger charge is 2.35. The lowest BCUT2D eigenvalue weighted by Gasteiger charge is -2.33. The summed E-state index contributed by atoms with van der Waals surface area (Å²) in [6.45, 7) is 7.77. The van der Waals surface area contributed by atoms with Crippen molar-refractivity contribution in [2.45, 2.75) is 64.4 Å². The van der Waals surface area contributed by atoms with Crippen molar-refractivity contribution in [1.82, 2.24) is 10.2 Å². The highest BCUT2D eigenvalue weighted by molar-refractivity contribution is 7.92. The van der Waals surface area contributed by atoms with E-state index >= 15 is 0 Å². The summed E-state index contributed by atoms with van der Waals surface area (Å²) in [5.41, 5.74) is 2.92. The van der Waals surface area contributed by atoms with Gasteiger partial charge in [0.05, 0.1) is 24.8 Å². The van der Waals surface area contributed by atoms with E-state index in [1.54, 1.807) is 24.3 Å². The van der Waals surface area contributed by atoms with Crippen molar-refractivity contribution in [3.8, 4) is 11.5 Å². The van der Waals surface area contributed by atoms with Crippen LogP contribution in [0.4, 0.5) is 5.69 Å². The topological polar surface area (TPSA) is 105 Å². The molecule has 1 N–H and O–H groups in total. The zero-order valence-electron chi connectivity index (χ0n) is 25.9. The molecule has 0 radical (unpaired) electrons. The molecule has 0 bridgehead atoms. The van der Waals surface area contributed by atoms with Gasteiger partial charge in [0.2, 0.25) is 11.8 Å². The quantitative estimate of drug-likeness (QED) is 0.236. The van der Waals surface area contributed by atoms with E-state index in [2.05, 4.69) is 5.32 Å². The van der Waals surface area contributed by atoms with E-state index < -0.39 is 28.5 Å². The molecule has 0 saturated heterocycles. The van der Waals surface area contributed by atoms with E-state index in [1.165, 1.54) is 37.3 Å². The molecule has 43 heavy (non-hydrogen) atoms. The summed E-state index contributed by atoms with van der Waals surface area (Å²) in [7, 11) is -1.35. The molecule has 232 valence electrons. The molecule has 3 rings (SSSR count). The van der Waals surface area contributed by atoms with Crippen LogP contribution in [0.25, 0.3) is 0 Å². The van der Waals surface area contributed by atoms with Crippen molar-refractivity contribution in [2.24, 2.45) is 0 Å². The zero-order valence-corrected chi connectivity index (χ0v) is 26.7. The Morgan fingerprint density at radius 2 is 1.51 bits per heavy atom. The number of aryl methyl sites for hydroxylation is 2. The fourth-order valence-corrected chi connectivity index (χ4v) is 6.07. The molecule has 0 aromatic heterocycles. The van der Waals surface area contributed by atoms with Crippen LogP contribution in [0.15, 0.2) is 71.6 Å². The average Bonchev–Trinajstić information content (AvgIpc) is 3.00. The molecule has 0 fully saturated rings. The first-order valence-electron chi connectivity index (χ1n) is 14.5. The van der Waals surface area contributed by atoms with Gasteiger partial charge in [-0.05, 0) is 56.5 Å². The van der Waals surface area contributed by atoms with Crippen molar-refractivity contribution in [1.29, 1.82) is 0 Å². The molecule has 1 atom stereocenters. The third-order valence-corrected chi connectivity index (χ3v) is 9.01. The number of hydrogen-bond donors (Lipinski definition) is 1. The van der Waals surface area contributed by atoms with Crippen molar-refractivity contribution in [2.75, 3.05) is 31.6 Å². The summed E-state index contributed by atoms with van der Waals surface area (Å²) in [5.74, 6) is -0.161. The van der Waals surface area contributed by atoms with Crippen LogP contribution in [0.1, 0.15) is 49.8 Å². The van der Waals surface area contributed by atoms with Gasteiger partial charge >= 0.3 is 0 Å². The van der Waals surface area contributed by atoms with Crippen molar-refractivity contribution >= 4 is 27.5 Å². The fraction of sp³-hybridized carbons (Fsp3) is 0.394. The van der Waals surface area contributed by atoms with Crippen LogP contribution in [-0.2, 0) is 26.2 Å². The Bertz CT molecular complexity index is 1470. The molecule has 0 saturated carbocycles. The highest BCUT2D eigenvalue weighted by Crippen LogP contribution is 2.36. The SMILES string of the molecule is CCCCNC(=O)[C@@H](CC)N(Cc1ccc(C)cc1)C(=O)CN(c1cc(OC)ccc1OC)S(=O)(=O)c1ccc(C)cc1. The maximum atomic E-state index is 14.3. The minimum Gasteiger partial charge on any atom is -0.497 e. The summed E-state index contributed by atoms with van der Waals surface area (Å²) in [6.07, 6.45) is 2.08. The Hall–Kier alpha value is -4.05. The highest BCUT2D eigenvalue weighted by atomic mass is 32.2. The van der Waals surface area contributed by atoms with E-state index in [9.17, 15) is 18.0 Å². The van der Waals surface area contributed by atoms with Gasteiger partial charge < -0.3 is 19.7 Å².